The standard InChI is InChI=1S/C33H42F2O/c1-3-5-6-26-9-15-29(16-10-26)30-17-11-27(12-18-30)23-24-36-33(34,35)32-21-19-31(20-22-32)28-13-7-25(4-2)8-14-28/h3-4,11-12,17-22,25-26,28-29H,1-2,5-10,13-16,23-24H2/t25-,26-,28-,29-. The average molecular weight is 493 g/mol. The van der Waals surface area contributed by atoms with Gasteiger partial charge in [0, 0.05) is 0 Å². The summed E-state index contributed by atoms with van der Waals surface area (Å²) in [6.07, 6.45) is 13.2. The molecule has 2 aliphatic carbocycles. The minimum atomic E-state index is -3.27. The van der Waals surface area contributed by atoms with Crippen molar-refractivity contribution in [3.8, 4) is 0 Å². The molecule has 0 bridgehead atoms. The van der Waals surface area contributed by atoms with Crippen LogP contribution < -0.4 is 0 Å². The Kier molecular flexibility index (Phi) is 9.53. The van der Waals surface area contributed by atoms with Crippen molar-refractivity contribution < 1.29 is 13.5 Å². The van der Waals surface area contributed by atoms with Gasteiger partial charge in [0.2, 0.25) is 0 Å². The van der Waals surface area contributed by atoms with E-state index >= 15 is 0 Å². The van der Waals surface area contributed by atoms with Gasteiger partial charge in [-0.05, 0) is 111 Å². The Labute approximate surface area is 216 Å². The molecule has 0 saturated heterocycles. The lowest BCUT2D eigenvalue weighted by molar-refractivity contribution is -0.248. The summed E-state index contributed by atoms with van der Waals surface area (Å²) >= 11 is 0. The zero-order valence-corrected chi connectivity index (χ0v) is 21.6. The molecule has 0 unspecified atom stereocenters. The molecule has 0 spiro atoms. The van der Waals surface area contributed by atoms with Gasteiger partial charge in [0.1, 0.15) is 0 Å². The van der Waals surface area contributed by atoms with Crippen molar-refractivity contribution in [1.82, 2.24) is 0 Å². The molecule has 3 heteroatoms. The number of ether oxygens (including phenoxy) is 1. The van der Waals surface area contributed by atoms with E-state index in [2.05, 4.69) is 37.4 Å². The van der Waals surface area contributed by atoms with E-state index in [0.717, 1.165) is 49.1 Å². The average Bonchev–Trinajstić information content (AvgIpc) is 2.93. The van der Waals surface area contributed by atoms with Crippen molar-refractivity contribution in [2.45, 2.75) is 88.6 Å². The molecule has 0 radical (unpaired) electrons. The van der Waals surface area contributed by atoms with Gasteiger partial charge in [-0.3, -0.25) is 0 Å². The third-order valence-electron chi connectivity index (χ3n) is 8.57. The van der Waals surface area contributed by atoms with Crippen LogP contribution in [-0.4, -0.2) is 6.61 Å². The highest BCUT2D eigenvalue weighted by Crippen LogP contribution is 2.39. The maximum atomic E-state index is 14.7. The maximum absolute atomic E-state index is 14.7. The van der Waals surface area contributed by atoms with Crippen molar-refractivity contribution in [1.29, 1.82) is 0 Å². The topological polar surface area (TPSA) is 9.23 Å². The molecule has 2 saturated carbocycles. The van der Waals surface area contributed by atoms with E-state index in [1.54, 1.807) is 0 Å². The Morgan fingerprint density at radius 2 is 1.33 bits per heavy atom. The van der Waals surface area contributed by atoms with Crippen molar-refractivity contribution in [3.05, 3.63) is 96.1 Å². The van der Waals surface area contributed by atoms with Crippen LogP contribution >= 0.6 is 0 Å². The molecule has 2 aromatic carbocycles. The number of allylic oxidation sites excluding steroid dienone is 2. The second kappa shape index (κ2) is 12.8. The van der Waals surface area contributed by atoms with Crippen LogP contribution in [0.15, 0.2) is 73.8 Å². The van der Waals surface area contributed by atoms with E-state index in [-0.39, 0.29) is 12.2 Å². The summed E-state index contributed by atoms with van der Waals surface area (Å²) in [7, 11) is 0. The van der Waals surface area contributed by atoms with Gasteiger partial charge >= 0.3 is 6.11 Å². The molecule has 0 N–H and O–H groups in total. The Bertz CT molecular complexity index is 946. The molecule has 0 atom stereocenters. The van der Waals surface area contributed by atoms with Crippen molar-refractivity contribution >= 4 is 0 Å². The van der Waals surface area contributed by atoms with Crippen LogP contribution in [0.5, 0.6) is 0 Å². The number of alkyl halides is 2. The van der Waals surface area contributed by atoms with Gasteiger partial charge in [-0.1, -0.05) is 60.7 Å². The molecule has 4 rings (SSSR count). The first-order valence-corrected chi connectivity index (χ1v) is 13.9. The van der Waals surface area contributed by atoms with Crippen LogP contribution in [0, 0.1) is 11.8 Å². The van der Waals surface area contributed by atoms with Crippen molar-refractivity contribution in [3.63, 3.8) is 0 Å². The Morgan fingerprint density at radius 3 is 1.89 bits per heavy atom. The zero-order chi connectivity index (χ0) is 25.4. The minimum absolute atomic E-state index is 0.00588. The summed E-state index contributed by atoms with van der Waals surface area (Å²) in [6.45, 7) is 7.73. The lowest BCUT2D eigenvalue weighted by Gasteiger charge is -2.28. The van der Waals surface area contributed by atoms with Gasteiger partial charge in [0.05, 0.1) is 12.2 Å². The third kappa shape index (κ3) is 7.16. The molecule has 0 heterocycles. The van der Waals surface area contributed by atoms with Crippen molar-refractivity contribution in [2.24, 2.45) is 11.8 Å². The van der Waals surface area contributed by atoms with E-state index in [1.165, 1.54) is 49.8 Å². The Morgan fingerprint density at radius 1 is 0.778 bits per heavy atom. The summed E-state index contributed by atoms with van der Waals surface area (Å²) in [5, 5.41) is 0. The predicted molar refractivity (Wildman–Crippen MR) is 145 cm³/mol. The monoisotopic (exact) mass is 492 g/mol. The first-order valence-electron chi connectivity index (χ1n) is 13.9. The van der Waals surface area contributed by atoms with E-state index in [1.807, 2.05) is 24.3 Å². The number of rotatable bonds is 11. The lowest BCUT2D eigenvalue weighted by atomic mass is 9.77. The van der Waals surface area contributed by atoms with Gasteiger partial charge in [0.25, 0.3) is 0 Å². The van der Waals surface area contributed by atoms with E-state index < -0.39 is 6.11 Å². The van der Waals surface area contributed by atoms with Crippen LogP contribution in [0.3, 0.4) is 0 Å². The van der Waals surface area contributed by atoms with Gasteiger partial charge in [-0.15, -0.1) is 13.2 Å². The van der Waals surface area contributed by atoms with Gasteiger partial charge in [-0.2, -0.15) is 8.78 Å². The second-order valence-corrected chi connectivity index (χ2v) is 10.9. The summed E-state index contributed by atoms with van der Waals surface area (Å²) < 4.78 is 34.5. The quantitative estimate of drug-likeness (QED) is 0.284. The van der Waals surface area contributed by atoms with Crippen LogP contribution in [0.1, 0.15) is 98.3 Å². The molecule has 2 aromatic rings. The summed E-state index contributed by atoms with van der Waals surface area (Å²) in [5.41, 5.74) is 3.51. The van der Waals surface area contributed by atoms with Gasteiger partial charge in [-0.25, -0.2) is 0 Å². The molecule has 0 aliphatic heterocycles. The Hall–Kier alpha value is -2.26. The molecular formula is C33H42F2O. The fourth-order valence-electron chi connectivity index (χ4n) is 6.11. The van der Waals surface area contributed by atoms with Gasteiger partial charge < -0.3 is 4.74 Å². The fourth-order valence-corrected chi connectivity index (χ4v) is 6.11. The van der Waals surface area contributed by atoms with Gasteiger partial charge in [0.15, 0.2) is 0 Å². The number of hydrogen-bond acceptors (Lipinski definition) is 1. The molecule has 194 valence electrons. The lowest BCUT2D eigenvalue weighted by Crippen LogP contribution is -2.20. The zero-order valence-electron chi connectivity index (χ0n) is 21.6. The molecule has 1 nitrogen and oxygen atoms in total. The molecular weight excluding hydrogens is 450 g/mol. The Balaban J connectivity index is 1.22. The van der Waals surface area contributed by atoms with Crippen LogP contribution in [0.2, 0.25) is 0 Å². The first-order chi connectivity index (χ1) is 17.5. The number of hydrogen-bond donors (Lipinski definition) is 0. The highest BCUT2D eigenvalue weighted by atomic mass is 19.3. The third-order valence-corrected chi connectivity index (χ3v) is 8.57. The van der Waals surface area contributed by atoms with Crippen molar-refractivity contribution in [2.75, 3.05) is 6.61 Å². The SMILES string of the molecule is C=CCC[C@H]1CC[C@H](c2ccc(CCOC(F)(F)c3ccc([C@H]4CC[C@H](C=C)CC4)cc3)cc2)CC1. The molecule has 36 heavy (non-hydrogen) atoms. The van der Waals surface area contributed by atoms with Crippen LogP contribution in [-0.2, 0) is 17.3 Å². The normalized spacial score (nSPS) is 24.8. The van der Waals surface area contributed by atoms with Crippen LogP contribution in [0.4, 0.5) is 8.78 Å². The highest BCUT2D eigenvalue weighted by molar-refractivity contribution is 5.28. The maximum Gasteiger partial charge on any atom is 0.383 e. The largest absolute Gasteiger partial charge is 0.383 e. The molecule has 2 aliphatic rings. The second-order valence-electron chi connectivity index (χ2n) is 10.9. The smallest absolute Gasteiger partial charge is 0.316 e. The summed E-state index contributed by atoms with van der Waals surface area (Å²) in [6, 6.07) is 15.3. The van der Waals surface area contributed by atoms with Crippen LogP contribution in [0.25, 0.3) is 0 Å². The first kappa shape index (κ1) is 26.8. The number of benzene rings is 2. The summed E-state index contributed by atoms with van der Waals surface area (Å²) in [5.74, 6) is 2.52. The van der Waals surface area contributed by atoms with E-state index in [0.29, 0.717) is 24.2 Å². The van der Waals surface area contributed by atoms with E-state index in [4.69, 9.17) is 4.74 Å². The molecule has 0 amide bonds. The van der Waals surface area contributed by atoms with E-state index in [9.17, 15) is 8.78 Å². The molecule has 0 aromatic heterocycles. The highest BCUT2D eigenvalue weighted by Gasteiger charge is 2.33. The molecule has 2 fully saturated rings. The number of halogens is 2. The fraction of sp³-hybridized carbons (Fsp3) is 0.515. The predicted octanol–water partition coefficient (Wildman–Crippen LogP) is 9.69. The minimum Gasteiger partial charge on any atom is -0.316 e. The summed E-state index contributed by atoms with van der Waals surface area (Å²) in [4.78, 5) is 0.